The molecule has 180 valence electrons. The first kappa shape index (κ1) is 24.8. The maximum atomic E-state index is 12.3. The Morgan fingerprint density at radius 2 is 1.71 bits per heavy atom. The van der Waals surface area contributed by atoms with E-state index < -0.39 is 15.6 Å². The van der Waals surface area contributed by atoms with Gasteiger partial charge in [-0.1, -0.05) is 30.3 Å². The number of piperidine rings is 1. The standard InChI is InChI=1S/C25H29N3O3S3/c1-27(2)34(30,31)23-10-8-22(9-11-23)26-24(32)28-15-12-20(13-16-28)25(29,21-14-17-33-18-21)19-6-4-3-5-7-19/h3-11,14,17-18,20,29H,12-13,15-16H2,1-2H3,(H,26,32). The van der Waals surface area contributed by atoms with Crippen molar-refractivity contribution in [3.63, 3.8) is 0 Å². The highest BCUT2D eigenvalue weighted by Crippen LogP contribution is 2.42. The van der Waals surface area contributed by atoms with Crippen molar-refractivity contribution in [3.8, 4) is 0 Å². The Morgan fingerprint density at radius 3 is 2.26 bits per heavy atom. The first-order valence-corrected chi connectivity index (χ1v) is 13.9. The first-order valence-electron chi connectivity index (χ1n) is 11.1. The highest BCUT2D eigenvalue weighted by molar-refractivity contribution is 7.89. The molecule has 4 rings (SSSR count). The molecule has 1 aliphatic rings. The summed E-state index contributed by atoms with van der Waals surface area (Å²) in [4.78, 5) is 2.35. The maximum absolute atomic E-state index is 12.3. The van der Waals surface area contributed by atoms with E-state index in [1.165, 1.54) is 18.4 Å². The molecule has 0 spiro atoms. The largest absolute Gasteiger partial charge is 0.380 e. The number of thiophene rings is 1. The normalized spacial score (nSPS) is 16.9. The van der Waals surface area contributed by atoms with E-state index in [2.05, 4.69) is 10.2 Å². The second kappa shape index (κ2) is 10.1. The molecule has 1 aromatic heterocycles. The van der Waals surface area contributed by atoms with Crippen LogP contribution < -0.4 is 5.32 Å². The van der Waals surface area contributed by atoms with Gasteiger partial charge in [-0.05, 0) is 83.2 Å². The SMILES string of the molecule is CN(C)S(=O)(=O)c1ccc(NC(=S)N2CCC(C(O)(c3ccccc3)c3ccsc3)CC2)cc1. The highest BCUT2D eigenvalue weighted by Gasteiger charge is 2.42. The number of rotatable bonds is 6. The summed E-state index contributed by atoms with van der Waals surface area (Å²) in [6.45, 7) is 1.45. The lowest BCUT2D eigenvalue weighted by molar-refractivity contribution is -0.00596. The third kappa shape index (κ3) is 4.89. The molecule has 1 unspecified atom stereocenters. The Kier molecular flexibility index (Phi) is 7.39. The van der Waals surface area contributed by atoms with Crippen molar-refractivity contribution in [1.82, 2.24) is 9.21 Å². The molecular formula is C25H29N3O3S3. The minimum atomic E-state index is -3.47. The van der Waals surface area contributed by atoms with Gasteiger partial charge in [-0.3, -0.25) is 0 Å². The van der Waals surface area contributed by atoms with E-state index in [9.17, 15) is 13.5 Å². The van der Waals surface area contributed by atoms with Gasteiger partial charge in [0.1, 0.15) is 5.60 Å². The molecular weight excluding hydrogens is 486 g/mol. The highest BCUT2D eigenvalue weighted by atomic mass is 32.2. The van der Waals surface area contributed by atoms with Crippen LogP contribution >= 0.6 is 23.6 Å². The number of hydrogen-bond acceptors (Lipinski definition) is 5. The molecule has 2 N–H and O–H groups in total. The predicted octanol–water partition coefficient (Wildman–Crippen LogP) is 4.34. The Morgan fingerprint density at radius 1 is 1.06 bits per heavy atom. The number of nitrogens with one attached hydrogen (secondary N) is 1. The summed E-state index contributed by atoms with van der Waals surface area (Å²) in [5.74, 6) is 0.0686. The third-order valence-corrected chi connectivity index (χ3v) is 9.31. The van der Waals surface area contributed by atoms with Crippen molar-refractivity contribution < 1.29 is 13.5 Å². The summed E-state index contributed by atoms with van der Waals surface area (Å²) in [7, 11) is -0.442. The number of aliphatic hydroxyl groups is 1. The number of hydrogen-bond donors (Lipinski definition) is 2. The van der Waals surface area contributed by atoms with Crippen molar-refractivity contribution in [1.29, 1.82) is 0 Å². The molecule has 1 saturated heterocycles. The molecule has 1 aliphatic heterocycles. The van der Waals surface area contributed by atoms with Gasteiger partial charge >= 0.3 is 0 Å². The number of benzene rings is 2. The molecule has 34 heavy (non-hydrogen) atoms. The van der Waals surface area contributed by atoms with Crippen LogP contribution in [0.3, 0.4) is 0 Å². The fraction of sp³-hybridized carbons (Fsp3) is 0.320. The minimum absolute atomic E-state index is 0.0686. The van der Waals surface area contributed by atoms with Gasteiger partial charge < -0.3 is 15.3 Å². The summed E-state index contributed by atoms with van der Waals surface area (Å²) in [5, 5.41) is 19.8. The maximum Gasteiger partial charge on any atom is 0.242 e. The predicted molar refractivity (Wildman–Crippen MR) is 142 cm³/mol. The second-order valence-electron chi connectivity index (χ2n) is 8.65. The number of nitrogens with zero attached hydrogens (tertiary/aromatic N) is 2. The van der Waals surface area contributed by atoms with Crippen LogP contribution in [0, 0.1) is 5.92 Å². The summed E-state index contributed by atoms with van der Waals surface area (Å²) in [5.41, 5.74) is 1.57. The molecule has 2 heterocycles. The van der Waals surface area contributed by atoms with Crippen molar-refractivity contribution >= 4 is 44.4 Å². The van der Waals surface area contributed by atoms with Crippen molar-refractivity contribution in [3.05, 3.63) is 82.6 Å². The van der Waals surface area contributed by atoms with Gasteiger partial charge in [0.25, 0.3) is 0 Å². The number of thiocarbonyl (C=S) groups is 1. The topological polar surface area (TPSA) is 72.9 Å². The fourth-order valence-electron chi connectivity index (χ4n) is 4.44. The average Bonchev–Trinajstić information content (AvgIpc) is 3.40. The molecule has 1 fully saturated rings. The summed E-state index contributed by atoms with van der Waals surface area (Å²) in [6, 6.07) is 18.5. The molecule has 3 aromatic rings. The number of likely N-dealkylation sites (tertiary alicyclic amines) is 1. The van der Waals surface area contributed by atoms with Gasteiger partial charge in [-0.2, -0.15) is 11.3 Å². The Balaban J connectivity index is 1.43. The zero-order chi connectivity index (χ0) is 24.3. The zero-order valence-corrected chi connectivity index (χ0v) is 21.7. The van der Waals surface area contributed by atoms with E-state index in [0.717, 1.165) is 42.7 Å². The quantitative estimate of drug-likeness (QED) is 0.476. The van der Waals surface area contributed by atoms with Crippen molar-refractivity contribution in [2.45, 2.75) is 23.3 Å². The van der Waals surface area contributed by atoms with Gasteiger partial charge in [0.15, 0.2) is 5.11 Å². The van der Waals surface area contributed by atoms with Crippen LogP contribution in [0.5, 0.6) is 0 Å². The van der Waals surface area contributed by atoms with Gasteiger partial charge in [0.2, 0.25) is 10.0 Å². The molecule has 0 bridgehead atoms. The Hall–Kier alpha value is -2.30. The van der Waals surface area contributed by atoms with Crippen LogP contribution in [0.4, 0.5) is 5.69 Å². The number of anilines is 1. The van der Waals surface area contributed by atoms with E-state index in [4.69, 9.17) is 12.2 Å². The molecule has 9 heteroatoms. The van der Waals surface area contributed by atoms with E-state index in [-0.39, 0.29) is 10.8 Å². The van der Waals surface area contributed by atoms with Crippen LogP contribution in [0.1, 0.15) is 24.0 Å². The van der Waals surface area contributed by atoms with Crippen LogP contribution in [-0.4, -0.2) is 55.0 Å². The monoisotopic (exact) mass is 515 g/mol. The lowest BCUT2D eigenvalue weighted by atomic mass is 9.73. The summed E-state index contributed by atoms with van der Waals surface area (Å²) < 4.78 is 25.7. The van der Waals surface area contributed by atoms with Gasteiger partial charge in [-0.15, -0.1) is 0 Å². The van der Waals surface area contributed by atoms with Crippen LogP contribution in [0.15, 0.2) is 76.3 Å². The summed E-state index contributed by atoms with van der Waals surface area (Å²) >= 11 is 7.23. The van der Waals surface area contributed by atoms with Crippen LogP contribution in [0.2, 0.25) is 0 Å². The molecule has 0 aliphatic carbocycles. The van der Waals surface area contributed by atoms with Gasteiger partial charge in [0, 0.05) is 32.9 Å². The molecule has 0 saturated carbocycles. The van der Waals surface area contributed by atoms with E-state index >= 15 is 0 Å². The molecule has 0 radical (unpaired) electrons. The average molecular weight is 516 g/mol. The smallest absolute Gasteiger partial charge is 0.242 e. The third-order valence-electron chi connectivity index (χ3n) is 6.43. The van der Waals surface area contributed by atoms with Gasteiger partial charge in [0.05, 0.1) is 4.90 Å². The second-order valence-corrected chi connectivity index (χ2v) is 12.0. The summed E-state index contributed by atoms with van der Waals surface area (Å²) in [6.07, 6.45) is 1.59. The fourth-order valence-corrected chi connectivity index (χ4v) is 6.35. The first-order chi connectivity index (χ1) is 16.2. The van der Waals surface area contributed by atoms with Gasteiger partial charge in [-0.25, -0.2) is 12.7 Å². The van der Waals surface area contributed by atoms with E-state index in [0.29, 0.717) is 5.11 Å². The molecule has 2 aromatic carbocycles. The van der Waals surface area contributed by atoms with Crippen LogP contribution in [0.25, 0.3) is 0 Å². The van der Waals surface area contributed by atoms with Crippen molar-refractivity contribution in [2.75, 3.05) is 32.5 Å². The molecule has 0 amide bonds. The number of sulfonamides is 1. The molecule has 6 nitrogen and oxygen atoms in total. The lowest BCUT2D eigenvalue weighted by Crippen LogP contribution is -2.47. The van der Waals surface area contributed by atoms with Crippen molar-refractivity contribution in [2.24, 2.45) is 5.92 Å². The van der Waals surface area contributed by atoms with E-state index in [1.807, 2.05) is 47.2 Å². The van der Waals surface area contributed by atoms with E-state index in [1.54, 1.807) is 35.6 Å². The Bertz CT molecular complexity index is 1210. The lowest BCUT2D eigenvalue weighted by Gasteiger charge is -2.42. The minimum Gasteiger partial charge on any atom is -0.380 e. The van der Waals surface area contributed by atoms with Crippen LogP contribution in [-0.2, 0) is 15.6 Å². The molecule has 1 atom stereocenters. The zero-order valence-electron chi connectivity index (χ0n) is 19.2. The Labute approximate surface area is 210 Å².